The largest absolute Gasteiger partial charge is 0.469 e. The molecule has 2 heterocycles. The van der Waals surface area contributed by atoms with Crippen LogP contribution in [-0.2, 0) is 0 Å². The van der Waals surface area contributed by atoms with Gasteiger partial charge in [-0.25, -0.2) is 0 Å². The van der Waals surface area contributed by atoms with Crippen LogP contribution >= 0.6 is 46.1 Å². The molecule has 0 bridgehead atoms. The maximum Gasteiger partial charge on any atom is 0.101 e. The Morgan fingerprint density at radius 2 is 2.07 bits per heavy atom. The molecule has 0 amide bonds. The highest BCUT2D eigenvalue weighted by atomic mass is 35.5. The SMILES string of the molecule is Cc1cc(C(Cl)c2cc(Cl)sc2Cl)co1. The van der Waals surface area contributed by atoms with E-state index in [-0.39, 0.29) is 5.38 Å². The number of hydrogen-bond acceptors (Lipinski definition) is 2. The van der Waals surface area contributed by atoms with Gasteiger partial charge in [-0.15, -0.1) is 22.9 Å². The molecule has 0 aliphatic carbocycles. The van der Waals surface area contributed by atoms with Gasteiger partial charge in [-0.2, -0.15) is 0 Å². The van der Waals surface area contributed by atoms with E-state index in [2.05, 4.69) is 0 Å². The van der Waals surface area contributed by atoms with Crippen molar-refractivity contribution >= 4 is 46.1 Å². The highest BCUT2D eigenvalue weighted by molar-refractivity contribution is 7.20. The summed E-state index contributed by atoms with van der Waals surface area (Å²) < 4.78 is 6.46. The van der Waals surface area contributed by atoms with Crippen LogP contribution in [-0.4, -0.2) is 0 Å². The second-order valence-electron chi connectivity index (χ2n) is 3.13. The normalized spacial score (nSPS) is 13.1. The Morgan fingerprint density at radius 1 is 1.33 bits per heavy atom. The van der Waals surface area contributed by atoms with Gasteiger partial charge in [0.25, 0.3) is 0 Å². The topological polar surface area (TPSA) is 13.1 Å². The first-order valence-corrected chi connectivity index (χ1v) is 6.22. The smallest absolute Gasteiger partial charge is 0.101 e. The summed E-state index contributed by atoms with van der Waals surface area (Å²) in [5.74, 6) is 0.827. The highest BCUT2D eigenvalue weighted by Crippen LogP contribution is 2.40. The van der Waals surface area contributed by atoms with Crippen LogP contribution in [0.1, 0.15) is 22.3 Å². The Morgan fingerprint density at radius 3 is 2.53 bits per heavy atom. The molecule has 0 radical (unpaired) electrons. The van der Waals surface area contributed by atoms with Crippen molar-refractivity contribution in [3.8, 4) is 0 Å². The van der Waals surface area contributed by atoms with Gasteiger partial charge in [0.1, 0.15) is 5.76 Å². The molecule has 2 aromatic heterocycles. The Balaban J connectivity index is 2.35. The van der Waals surface area contributed by atoms with Crippen molar-refractivity contribution in [3.05, 3.63) is 44.0 Å². The third-order valence-corrected chi connectivity index (χ3v) is 4.00. The van der Waals surface area contributed by atoms with Crippen molar-refractivity contribution in [1.82, 2.24) is 0 Å². The van der Waals surface area contributed by atoms with Gasteiger partial charge in [0.05, 0.1) is 20.3 Å². The molecule has 1 nitrogen and oxygen atoms in total. The van der Waals surface area contributed by atoms with Gasteiger partial charge in [0.2, 0.25) is 0 Å². The predicted molar refractivity (Wildman–Crippen MR) is 65.5 cm³/mol. The standard InChI is InChI=1S/C10H7Cl3OS/c1-5-2-6(4-14-5)9(12)7-3-8(11)15-10(7)13/h2-4,9H,1H3. The molecule has 0 aromatic carbocycles. The lowest BCUT2D eigenvalue weighted by atomic mass is 10.1. The summed E-state index contributed by atoms with van der Waals surface area (Å²) in [5.41, 5.74) is 1.72. The summed E-state index contributed by atoms with van der Waals surface area (Å²) in [7, 11) is 0. The minimum Gasteiger partial charge on any atom is -0.469 e. The maximum absolute atomic E-state index is 6.27. The van der Waals surface area contributed by atoms with Crippen molar-refractivity contribution in [2.75, 3.05) is 0 Å². The zero-order chi connectivity index (χ0) is 11.0. The number of halogens is 3. The van der Waals surface area contributed by atoms with Gasteiger partial charge in [0.15, 0.2) is 0 Å². The molecule has 0 aliphatic heterocycles. The van der Waals surface area contributed by atoms with Crippen molar-refractivity contribution in [2.24, 2.45) is 0 Å². The number of aryl methyl sites for hydroxylation is 1. The molecular formula is C10H7Cl3OS. The molecule has 0 fully saturated rings. The molecule has 1 atom stereocenters. The first-order chi connectivity index (χ1) is 7.08. The summed E-state index contributed by atoms with van der Waals surface area (Å²) in [6.07, 6.45) is 1.63. The fourth-order valence-corrected chi connectivity index (χ4v) is 3.24. The molecule has 0 saturated heterocycles. The molecule has 15 heavy (non-hydrogen) atoms. The van der Waals surface area contributed by atoms with E-state index in [9.17, 15) is 0 Å². The van der Waals surface area contributed by atoms with Crippen LogP contribution in [0, 0.1) is 6.92 Å². The molecule has 2 aromatic rings. The van der Waals surface area contributed by atoms with Crippen LogP contribution in [0.3, 0.4) is 0 Å². The molecule has 0 aliphatic rings. The number of thiophene rings is 1. The van der Waals surface area contributed by atoms with E-state index in [4.69, 9.17) is 39.2 Å². The summed E-state index contributed by atoms with van der Waals surface area (Å²) in [5, 5.41) is -0.307. The van der Waals surface area contributed by atoms with E-state index in [0.29, 0.717) is 8.67 Å². The molecule has 0 saturated carbocycles. The lowest BCUT2D eigenvalue weighted by Gasteiger charge is -2.04. The highest BCUT2D eigenvalue weighted by Gasteiger charge is 2.18. The van der Waals surface area contributed by atoms with E-state index in [1.54, 1.807) is 12.3 Å². The molecule has 2 rings (SSSR count). The van der Waals surface area contributed by atoms with Gasteiger partial charge in [-0.3, -0.25) is 0 Å². The third-order valence-electron chi connectivity index (χ3n) is 2.00. The van der Waals surface area contributed by atoms with Crippen LogP contribution in [0.15, 0.2) is 22.8 Å². The zero-order valence-corrected chi connectivity index (χ0v) is 10.8. The fourth-order valence-electron chi connectivity index (χ4n) is 1.30. The maximum atomic E-state index is 6.27. The Kier molecular flexibility index (Phi) is 3.31. The van der Waals surface area contributed by atoms with E-state index in [1.165, 1.54) is 11.3 Å². The monoisotopic (exact) mass is 280 g/mol. The van der Waals surface area contributed by atoms with E-state index >= 15 is 0 Å². The molecule has 5 heteroatoms. The second-order valence-corrected chi connectivity index (χ2v) is 5.85. The van der Waals surface area contributed by atoms with Crippen LogP contribution in [0.5, 0.6) is 0 Å². The van der Waals surface area contributed by atoms with Gasteiger partial charge in [-0.05, 0) is 19.1 Å². The molecule has 1 unspecified atom stereocenters. The Bertz CT molecular complexity index is 475. The predicted octanol–water partition coefficient (Wildman–Crippen LogP) is 5.28. The quantitative estimate of drug-likeness (QED) is 0.682. The Hall–Kier alpha value is -0.150. The molecule has 0 spiro atoms. The summed E-state index contributed by atoms with van der Waals surface area (Å²) >= 11 is 19.5. The first-order valence-electron chi connectivity index (χ1n) is 4.21. The van der Waals surface area contributed by atoms with Gasteiger partial charge < -0.3 is 4.42 Å². The van der Waals surface area contributed by atoms with Gasteiger partial charge in [0, 0.05) is 11.1 Å². The van der Waals surface area contributed by atoms with Crippen molar-refractivity contribution in [2.45, 2.75) is 12.3 Å². The zero-order valence-electron chi connectivity index (χ0n) is 7.76. The third kappa shape index (κ3) is 2.34. The number of furan rings is 1. The summed E-state index contributed by atoms with van der Waals surface area (Å²) in [6.45, 7) is 1.87. The van der Waals surface area contributed by atoms with Crippen LogP contribution in [0.2, 0.25) is 8.67 Å². The molecular weight excluding hydrogens is 275 g/mol. The van der Waals surface area contributed by atoms with Gasteiger partial charge >= 0.3 is 0 Å². The van der Waals surface area contributed by atoms with Crippen molar-refractivity contribution < 1.29 is 4.42 Å². The minimum absolute atomic E-state index is 0.307. The second kappa shape index (κ2) is 4.38. The molecule has 80 valence electrons. The lowest BCUT2D eigenvalue weighted by molar-refractivity contribution is 0.532. The Labute approximate surface area is 107 Å². The van der Waals surface area contributed by atoms with E-state index in [0.717, 1.165) is 16.9 Å². The average Bonchev–Trinajstić information content (AvgIpc) is 2.71. The van der Waals surface area contributed by atoms with E-state index in [1.807, 2.05) is 13.0 Å². The number of hydrogen-bond donors (Lipinski definition) is 0. The van der Waals surface area contributed by atoms with Crippen LogP contribution in [0.4, 0.5) is 0 Å². The van der Waals surface area contributed by atoms with Gasteiger partial charge in [-0.1, -0.05) is 23.2 Å². The summed E-state index contributed by atoms with van der Waals surface area (Å²) in [6, 6.07) is 3.67. The van der Waals surface area contributed by atoms with E-state index < -0.39 is 0 Å². The molecule has 0 N–H and O–H groups in total. The first kappa shape index (κ1) is 11.3. The van der Waals surface area contributed by atoms with Crippen LogP contribution < -0.4 is 0 Å². The van der Waals surface area contributed by atoms with Crippen molar-refractivity contribution in [1.29, 1.82) is 0 Å². The minimum atomic E-state index is -0.307. The van der Waals surface area contributed by atoms with Crippen LogP contribution in [0.25, 0.3) is 0 Å². The number of alkyl halides is 1. The summed E-state index contributed by atoms with van der Waals surface area (Å²) in [4.78, 5) is 0. The lowest BCUT2D eigenvalue weighted by Crippen LogP contribution is -1.88. The average molecular weight is 282 g/mol. The van der Waals surface area contributed by atoms with Crippen molar-refractivity contribution in [3.63, 3.8) is 0 Å². The fraction of sp³-hybridized carbons (Fsp3) is 0.200. The number of rotatable bonds is 2.